The highest BCUT2D eigenvalue weighted by atomic mass is 16.5. The molecule has 0 unspecified atom stereocenters. The van der Waals surface area contributed by atoms with Crippen LogP contribution in [0.1, 0.15) is 24.0 Å². The Labute approximate surface area is 355 Å². The van der Waals surface area contributed by atoms with E-state index < -0.39 is 48.3 Å². The monoisotopic (exact) mass is 848 g/mol. The number of benzene rings is 2. The van der Waals surface area contributed by atoms with Crippen molar-refractivity contribution < 1.29 is 59.3 Å². The van der Waals surface area contributed by atoms with Crippen LogP contribution in [0.3, 0.4) is 0 Å². The molecular weight excluding hydrogens is 793 g/mol. The van der Waals surface area contributed by atoms with Gasteiger partial charge in [-0.25, -0.2) is 24.4 Å². The summed E-state index contributed by atoms with van der Waals surface area (Å²) in [6, 6.07) is 30.8. The predicted molar refractivity (Wildman–Crippen MR) is 229 cm³/mol. The molecule has 61 heavy (non-hydrogen) atoms. The Balaban J connectivity index is 0.000000430. The number of hydrogen-bond acceptors (Lipinski definition) is 13. The summed E-state index contributed by atoms with van der Waals surface area (Å²) >= 11 is 0. The summed E-state index contributed by atoms with van der Waals surface area (Å²) in [5.74, 6) is -4.60. The topological polar surface area (TPSA) is 255 Å². The van der Waals surface area contributed by atoms with Gasteiger partial charge in [-0.3, -0.25) is 9.59 Å². The van der Waals surface area contributed by atoms with Crippen LogP contribution < -0.4 is 14.5 Å². The third-order valence-electron chi connectivity index (χ3n) is 7.98. The number of pyridine rings is 2. The molecule has 330 valence electrons. The third kappa shape index (κ3) is 23.9. The first-order valence-electron chi connectivity index (χ1n) is 18.7. The molecule has 0 aliphatic heterocycles. The number of nitrogens with zero attached hydrogens (tertiary/aromatic N) is 6. The number of ether oxygens (including phenoxy) is 1. The Hall–Kier alpha value is -6.89. The number of aliphatic hydroxyl groups is 1. The molecule has 4 aromatic rings. The lowest BCUT2D eigenvalue weighted by Crippen LogP contribution is -2.42. The van der Waals surface area contributed by atoms with Crippen LogP contribution >= 0.6 is 0 Å². The minimum atomic E-state index is -2.74. The van der Waals surface area contributed by atoms with E-state index in [-0.39, 0.29) is 0 Å². The maximum Gasteiger partial charge on any atom is 0.336 e. The molecule has 4 rings (SSSR count). The van der Waals surface area contributed by atoms with Crippen LogP contribution in [0.4, 0.5) is 11.6 Å². The SMILES string of the molecule is CN(C)CCN(Cc1ccccc1)c1ccccn1.COc1ccc(CN(CCN(C)C)c2ccccn2)cc1.O=C(O)/C=C\C(=O)O.O=C(O)CC(O)(CC(=O)O)C(=O)O. The van der Waals surface area contributed by atoms with Gasteiger partial charge in [0.25, 0.3) is 0 Å². The van der Waals surface area contributed by atoms with Gasteiger partial charge >= 0.3 is 29.8 Å². The molecule has 0 saturated carbocycles. The van der Waals surface area contributed by atoms with Crippen molar-refractivity contribution in [2.24, 2.45) is 0 Å². The van der Waals surface area contributed by atoms with Gasteiger partial charge in [0.1, 0.15) is 17.4 Å². The lowest BCUT2D eigenvalue weighted by atomic mass is 9.96. The van der Waals surface area contributed by atoms with Crippen molar-refractivity contribution in [1.29, 1.82) is 0 Å². The van der Waals surface area contributed by atoms with E-state index >= 15 is 0 Å². The number of carboxylic acid groups (broad SMARTS) is 5. The normalized spacial score (nSPS) is 10.6. The van der Waals surface area contributed by atoms with E-state index in [1.54, 1.807) is 7.11 Å². The first-order valence-corrected chi connectivity index (χ1v) is 18.7. The number of methoxy groups -OCH3 is 1. The van der Waals surface area contributed by atoms with Gasteiger partial charge < -0.3 is 55.0 Å². The summed E-state index contributed by atoms with van der Waals surface area (Å²) in [6.07, 6.45) is 2.52. The molecule has 6 N–H and O–H groups in total. The molecule has 0 aliphatic rings. The Morgan fingerprint density at radius 3 is 1.28 bits per heavy atom. The first kappa shape index (κ1) is 52.1. The summed E-state index contributed by atoms with van der Waals surface area (Å²) < 4.78 is 5.21. The Kier molecular flexibility index (Phi) is 24.4. The summed E-state index contributed by atoms with van der Waals surface area (Å²) in [7, 11) is 10.1. The van der Waals surface area contributed by atoms with Crippen molar-refractivity contribution in [3.8, 4) is 5.75 Å². The molecule has 0 atom stereocenters. The van der Waals surface area contributed by atoms with Gasteiger partial charge in [-0.05, 0) is 75.7 Å². The number of hydrogen-bond donors (Lipinski definition) is 6. The van der Waals surface area contributed by atoms with E-state index in [0.29, 0.717) is 12.2 Å². The number of aliphatic carboxylic acids is 5. The van der Waals surface area contributed by atoms with Crippen molar-refractivity contribution in [2.45, 2.75) is 31.5 Å². The fraction of sp³-hybridized carbons (Fsp3) is 0.326. The molecule has 0 fully saturated rings. The molecule has 0 spiro atoms. The second-order valence-corrected chi connectivity index (χ2v) is 13.6. The standard InChI is InChI=1S/C17H23N3O.C16H21N3.C6H8O7.C4H4O4/c1-19(2)12-13-20(17-6-4-5-11-18-17)14-15-7-9-16(21-3)10-8-15;1-18(2)12-13-19(16-10-6-7-11-17-16)14-15-8-4-3-5-9-15;7-3(8)1-6(13,5(11)12)2-4(9)10;5-3(6)1-2-4(7)8/h4-11H,12-14H2,1-3H3;3-11H,12-14H2,1-2H3;13H,1-2H2,(H,7,8)(H,9,10)(H,11,12);1-2H,(H,5,6)(H,7,8)/b;;;2-1-. The molecule has 2 heterocycles. The number of aromatic nitrogens is 2. The number of carboxylic acids is 5. The fourth-order valence-corrected chi connectivity index (χ4v) is 4.88. The summed E-state index contributed by atoms with van der Waals surface area (Å²) in [4.78, 5) is 67.5. The van der Waals surface area contributed by atoms with Gasteiger partial charge in [0.05, 0.1) is 20.0 Å². The van der Waals surface area contributed by atoms with Crippen molar-refractivity contribution in [1.82, 2.24) is 19.8 Å². The Morgan fingerprint density at radius 2 is 0.967 bits per heavy atom. The Bertz CT molecular complexity index is 1880. The van der Waals surface area contributed by atoms with Crippen LogP contribution in [0.25, 0.3) is 0 Å². The molecule has 0 saturated heterocycles. The number of carbonyl (C=O) groups is 5. The molecule has 18 heteroatoms. The molecule has 0 radical (unpaired) electrons. The van der Waals surface area contributed by atoms with Crippen molar-refractivity contribution in [2.75, 3.05) is 71.3 Å². The summed E-state index contributed by atoms with van der Waals surface area (Å²) in [5.41, 5.74) is -0.176. The molecule has 18 nitrogen and oxygen atoms in total. The van der Waals surface area contributed by atoms with Crippen LogP contribution in [0, 0.1) is 0 Å². The molecular formula is C43H56N6O12. The summed E-state index contributed by atoms with van der Waals surface area (Å²) in [6.45, 7) is 5.66. The highest BCUT2D eigenvalue weighted by Crippen LogP contribution is 2.18. The fourth-order valence-electron chi connectivity index (χ4n) is 4.88. The van der Waals surface area contributed by atoms with E-state index in [9.17, 15) is 24.0 Å². The van der Waals surface area contributed by atoms with Crippen molar-refractivity contribution in [3.63, 3.8) is 0 Å². The van der Waals surface area contributed by atoms with E-state index in [0.717, 1.165) is 56.7 Å². The highest BCUT2D eigenvalue weighted by Gasteiger charge is 2.40. The zero-order valence-corrected chi connectivity index (χ0v) is 34.9. The number of rotatable bonds is 20. The van der Waals surface area contributed by atoms with Crippen LogP contribution in [-0.4, -0.2) is 147 Å². The second-order valence-electron chi connectivity index (χ2n) is 13.6. The molecule has 2 aromatic carbocycles. The van der Waals surface area contributed by atoms with E-state index in [1.165, 1.54) is 11.1 Å². The average molecular weight is 849 g/mol. The van der Waals surface area contributed by atoms with Crippen molar-refractivity contribution >= 4 is 41.5 Å². The minimum absolute atomic E-state index is 0.558. The van der Waals surface area contributed by atoms with Crippen LogP contribution in [0.5, 0.6) is 5.75 Å². The van der Waals surface area contributed by atoms with Gasteiger partial charge in [0.15, 0.2) is 5.60 Å². The number of likely N-dealkylation sites (N-methyl/N-ethyl adjacent to an activating group) is 2. The zero-order chi connectivity index (χ0) is 45.8. The van der Waals surface area contributed by atoms with Crippen LogP contribution in [0.15, 0.2) is 116 Å². The lowest BCUT2D eigenvalue weighted by Gasteiger charge is -2.25. The minimum Gasteiger partial charge on any atom is -0.497 e. The smallest absolute Gasteiger partial charge is 0.336 e. The maximum atomic E-state index is 10.3. The van der Waals surface area contributed by atoms with Crippen molar-refractivity contribution in [3.05, 3.63) is 127 Å². The zero-order valence-electron chi connectivity index (χ0n) is 34.9. The predicted octanol–water partition coefficient (Wildman–Crippen LogP) is 3.77. The molecule has 2 aromatic heterocycles. The summed E-state index contributed by atoms with van der Waals surface area (Å²) in [5, 5.41) is 49.4. The van der Waals surface area contributed by atoms with Gasteiger partial charge in [-0.2, -0.15) is 0 Å². The maximum absolute atomic E-state index is 10.3. The van der Waals surface area contributed by atoms with Crippen LogP contribution in [-0.2, 0) is 37.1 Å². The van der Waals surface area contributed by atoms with Crippen LogP contribution in [0.2, 0.25) is 0 Å². The van der Waals surface area contributed by atoms with Gasteiger partial charge in [-0.15, -0.1) is 0 Å². The van der Waals surface area contributed by atoms with E-state index in [1.807, 2.05) is 48.8 Å². The second kappa shape index (κ2) is 28.5. The van der Waals surface area contributed by atoms with Gasteiger partial charge in [-0.1, -0.05) is 54.6 Å². The quantitative estimate of drug-likeness (QED) is 0.0692. The lowest BCUT2D eigenvalue weighted by molar-refractivity contribution is -0.170. The highest BCUT2D eigenvalue weighted by molar-refractivity contribution is 5.89. The Morgan fingerprint density at radius 1 is 0.574 bits per heavy atom. The largest absolute Gasteiger partial charge is 0.497 e. The third-order valence-corrected chi connectivity index (χ3v) is 7.98. The average Bonchev–Trinajstić information content (AvgIpc) is 3.21. The van der Waals surface area contributed by atoms with Gasteiger partial charge in [0, 0.05) is 63.8 Å². The van der Waals surface area contributed by atoms with E-state index in [2.05, 4.69) is 112 Å². The van der Waals surface area contributed by atoms with E-state index in [4.69, 9.17) is 35.4 Å². The molecule has 0 amide bonds. The molecule has 0 aliphatic carbocycles. The number of anilines is 2. The van der Waals surface area contributed by atoms with Gasteiger partial charge in [0.2, 0.25) is 0 Å². The first-order chi connectivity index (χ1) is 28.8. The molecule has 0 bridgehead atoms.